The second-order valence-electron chi connectivity index (χ2n) is 6.12. The minimum Gasteiger partial charge on any atom is -0.381 e. The van der Waals surface area contributed by atoms with Crippen molar-refractivity contribution < 1.29 is 9.13 Å². The van der Waals surface area contributed by atoms with E-state index in [1.165, 1.54) is 6.07 Å². The van der Waals surface area contributed by atoms with Crippen LogP contribution in [0.5, 0.6) is 0 Å². The van der Waals surface area contributed by atoms with Crippen molar-refractivity contribution in [3.05, 3.63) is 34.6 Å². The molecule has 0 bridgehead atoms. The molecule has 1 atom stereocenters. The van der Waals surface area contributed by atoms with Gasteiger partial charge in [0.05, 0.1) is 11.6 Å². The van der Waals surface area contributed by atoms with Crippen LogP contribution in [0.25, 0.3) is 0 Å². The third-order valence-electron chi connectivity index (χ3n) is 4.57. The maximum absolute atomic E-state index is 13.2. The van der Waals surface area contributed by atoms with Gasteiger partial charge in [0.25, 0.3) is 0 Å². The lowest BCUT2D eigenvalue weighted by atomic mass is 9.87. The zero-order valence-electron chi connectivity index (χ0n) is 12.7. The predicted octanol–water partition coefficient (Wildman–Crippen LogP) is 2.67. The normalized spacial score (nSPS) is 25.2. The molecule has 3 rings (SSSR count). The average Bonchev–Trinajstić information content (AvgIpc) is 3.14. The van der Waals surface area contributed by atoms with Gasteiger partial charge in [-0.05, 0) is 30.5 Å². The molecule has 1 aromatic rings. The zero-order chi connectivity index (χ0) is 15.6. The summed E-state index contributed by atoms with van der Waals surface area (Å²) in [6.45, 7) is 4.28. The van der Waals surface area contributed by atoms with Crippen molar-refractivity contribution >= 4 is 17.6 Å². The second-order valence-corrected chi connectivity index (χ2v) is 6.53. The number of benzene rings is 1. The van der Waals surface area contributed by atoms with E-state index in [4.69, 9.17) is 16.3 Å². The maximum atomic E-state index is 13.2. The molecular formula is C16H21ClFN3O. The van der Waals surface area contributed by atoms with Crippen LogP contribution >= 0.6 is 11.6 Å². The first-order valence-corrected chi connectivity index (χ1v) is 7.97. The molecule has 1 N–H and O–H groups in total. The Balaban J connectivity index is 1.59. The number of nitrogens with one attached hydrogen (secondary N) is 1. The molecule has 2 fully saturated rings. The molecule has 0 radical (unpaired) electrons. The van der Waals surface area contributed by atoms with Crippen LogP contribution in [0.2, 0.25) is 5.02 Å². The monoisotopic (exact) mass is 325 g/mol. The Bertz CT molecular complexity index is 573. The predicted molar refractivity (Wildman–Crippen MR) is 85.7 cm³/mol. The molecule has 0 amide bonds. The lowest BCUT2D eigenvalue weighted by Gasteiger charge is -2.25. The molecule has 1 spiro atoms. The van der Waals surface area contributed by atoms with Crippen LogP contribution in [0.15, 0.2) is 23.2 Å². The van der Waals surface area contributed by atoms with Gasteiger partial charge < -0.3 is 15.0 Å². The molecule has 1 unspecified atom stereocenters. The van der Waals surface area contributed by atoms with Crippen molar-refractivity contribution in [1.82, 2.24) is 10.2 Å². The number of hydrogen-bond donors (Lipinski definition) is 1. The summed E-state index contributed by atoms with van der Waals surface area (Å²) in [6, 6.07) is 4.77. The molecule has 2 saturated heterocycles. The Morgan fingerprint density at radius 3 is 3.05 bits per heavy atom. The van der Waals surface area contributed by atoms with Crippen LogP contribution in [0.1, 0.15) is 18.4 Å². The van der Waals surface area contributed by atoms with E-state index < -0.39 is 5.82 Å². The first-order valence-electron chi connectivity index (χ1n) is 7.59. The molecule has 2 aliphatic rings. The summed E-state index contributed by atoms with van der Waals surface area (Å²) in [6.07, 6.45) is 2.28. The van der Waals surface area contributed by atoms with Crippen LogP contribution < -0.4 is 5.32 Å². The molecule has 120 valence electrons. The number of likely N-dealkylation sites (tertiary alicyclic amines) is 1. The van der Waals surface area contributed by atoms with Gasteiger partial charge >= 0.3 is 0 Å². The van der Waals surface area contributed by atoms with Gasteiger partial charge in [-0.25, -0.2) is 4.39 Å². The fourth-order valence-electron chi connectivity index (χ4n) is 3.25. The Hall–Kier alpha value is -1.33. The fraction of sp³-hybridized carbons (Fsp3) is 0.562. The molecular weight excluding hydrogens is 305 g/mol. The SMILES string of the molecule is CN=C(NCc1ccc(F)c(Cl)c1)N1CCC2(CCOC2)C1. The minimum atomic E-state index is -0.391. The summed E-state index contributed by atoms with van der Waals surface area (Å²) in [7, 11) is 1.79. The summed E-state index contributed by atoms with van der Waals surface area (Å²) in [5, 5.41) is 3.49. The molecule has 2 aliphatic heterocycles. The van der Waals surface area contributed by atoms with Gasteiger partial charge in [0.1, 0.15) is 5.82 Å². The van der Waals surface area contributed by atoms with Crippen LogP contribution in [-0.4, -0.2) is 44.2 Å². The first kappa shape index (κ1) is 15.6. The van der Waals surface area contributed by atoms with Gasteiger partial charge in [0, 0.05) is 38.7 Å². The summed E-state index contributed by atoms with van der Waals surface area (Å²) in [4.78, 5) is 6.64. The first-order chi connectivity index (χ1) is 10.6. The van der Waals surface area contributed by atoms with Crippen molar-refractivity contribution in [2.24, 2.45) is 10.4 Å². The number of ether oxygens (including phenoxy) is 1. The number of aliphatic imine (C=N–C) groups is 1. The Morgan fingerprint density at radius 2 is 2.36 bits per heavy atom. The maximum Gasteiger partial charge on any atom is 0.193 e. The molecule has 6 heteroatoms. The third kappa shape index (κ3) is 3.20. The van der Waals surface area contributed by atoms with Gasteiger partial charge in [-0.3, -0.25) is 4.99 Å². The summed E-state index contributed by atoms with van der Waals surface area (Å²) < 4.78 is 18.7. The quantitative estimate of drug-likeness (QED) is 0.671. The second kappa shape index (κ2) is 6.42. The molecule has 22 heavy (non-hydrogen) atoms. The number of nitrogens with zero attached hydrogens (tertiary/aromatic N) is 2. The standard InChI is InChI=1S/C16H21ClFN3O/c1-19-15(20-9-12-2-3-14(18)13(17)8-12)21-6-4-16(10-21)5-7-22-11-16/h2-3,8H,4-7,9-11H2,1H3,(H,19,20). The highest BCUT2D eigenvalue weighted by atomic mass is 35.5. The van der Waals surface area contributed by atoms with E-state index in [0.29, 0.717) is 12.0 Å². The third-order valence-corrected chi connectivity index (χ3v) is 4.86. The molecule has 4 nitrogen and oxygen atoms in total. The van der Waals surface area contributed by atoms with E-state index >= 15 is 0 Å². The number of hydrogen-bond acceptors (Lipinski definition) is 2. The van der Waals surface area contributed by atoms with Gasteiger partial charge in [0.15, 0.2) is 5.96 Å². The highest BCUT2D eigenvalue weighted by Crippen LogP contribution is 2.38. The van der Waals surface area contributed by atoms with Gasteiger partial charge in [-0.1, -0.05) is 17.7 Å². The highest BCUT2D eigenvalue weighted by molar-refractivity contribution is 6.30. The van der Waals surface area contributed by atoms with E-state index in [2.05, 4.69) is 15.2 Å². The van der Waals surface area contributed by atoms with E-state index in [1.54, 1.807) is 19.2 Å². The van der Waals surface area contributed by atoms with E-state index in [9.17, 15) is 4.39 Å². The van der Waals surface area contributed by atoms with Crippen LogP contribution in [0, 0.1) is 11.2 Å². The Labute approximate surface area is 135 Å². The van der Waals surface area contributed by atoms with Gasteiger partial charge in [-0.2, -0.15) is 0 Å². The smallest absolute Gasteiger partial charge is 0.193 e. The topological polar surface area (TPSA) is 36.9 Å². The molecule has 0 aliphatic carbocycles. The Morgan fingerprint density at radius 1 is 1.50 bits per heavy atom. The van der Waals surface area contributed by atoms with Crippen molar-refractivity contribution in [3.63, 3.8) is 0 Å². The van der Waals surface area contributed by atoms with Crippen LogP contribution in [0.4, 0.5) is 4.39 Å². The zero-order valence-corrected chi connectivity index (χ0v) is 13.5. The summed E-state index contributed by atoms with van der Waals surface area (Å²) in [5.41, 5.74) is 1.24. The van der Waals surface area contributed by atoms with Crippen molar-refractivity contribution in [1.29, 1.82) is 0 Å². The molecule has 0 aromatic heterocycles. The summed E-state index contributed by atoms with van der Waals surface area (Å²) >= 11 is 5.81. The number of guanidine groups is 1. The molecule has 2 heterocycles. The van der Waals surface area contributed by atoms with Crippen LogP contribution in [0.3, 0.4) is 0 Å². The van der Waals surface area contributed by atoms with Crippen molar-refractivity contribution in [2.75, 3.05) is 33.4 Å². The largest absolute Gasteiger partial charge is 0.381 e. The fourth-order valence-corrected chi connectivity index (χ4v) is 3.45. The van der Waals surface area contributed by atoms with E-state index in [1.807, 2.05) is 0 Å². The highest BCUT2D eigenvalue weighted by Gasteiger charge is 2.42. The van der Waals surface area contributed by atoms with Gasteiger partial charge in [-0.15, -0.1) is 0 Å². The lowest BCUT2D eigenvalue weighted by Crippen LogP contribution is -2.41. The Kier molecular flexibility index (Phi) is 4.54. The molecule has 0 saturated carbocycles. The van der Waals surface area contributed by atoms with E-state index in [0.717, 1.165) is 50.7 Å². The number of rotatable bonds is 2. The van der Waals surface area contributed by atoms with Gasteiger partial charge in [0.2, 0.25) is 0 Å². The van der Waals surface area contributed by atoms with Crippen molar-refractivity contribution in [2.45, 2.75) is 19.4 Å². The molecule has 1 aromatic carbocycles. The lowest BCUT2D eigenvalue weighted by molar-refractivity contribution is 0.156. The minimum absolute atomic E-state index is 0.150. The van der Waals surface area contributed by atoms with E-state index in [-0.39, 0.29) is 5.02 Å². The number of halogens is 2. The average molecular weight is 326 g/mol. The van der Waals surface area contributed by atoms with Crippen molar-refractivity contribution in [3.8, 4) is 0 Å². The summed E-state index contributed by atoms with van der Waals surface area (Å²) in [5.74, 6) is 0.488. The van der Waals surface area contributed by atoms with Crippen LogP contribution in [-0.2, 0) is 11.3 Å².